The summed E-state index contributed by atoms with van der Waals surface area (Å²) in [6, 6.07) is 13.2. The standard InChI is InChI=1S/C18H18ClNO2.ClH/c19-10-15-13-6-8-16(20)18(21)14(13)7-9-17(15)22-11-12-4-2-1-3-5-12;/h1-5,7,9,16H,6,8,10-11,20H2;1H. The van der Waals surface area contributed by atoms with E-state index < -0.39 is 6.04 Å². The number of hydrogen-bond donors (Lipinski definition) is 1. The molecule has 3 rings (SSSR count). The summed E-state index contributed by atoms with van der Waals surface area (Å²) in [6.45, 7) is 0.483. The number of halogens is 2. The average molecular weight is 352 g/mol. The van der Waals surface area contributed by atoms with Gasteiger partial charge in [0.25, 0.3) is 0 Å². The number of carbonyl (C=O) groups is 1. The molecule has 0 spiro atoms. The number of carbonyl (C=O) groups excluding carboxylic acids is 1. The van der Waals surface area contributed by atoms with Gasteiger partial charge in [-0.3, -0.25) is 4.79 Å². The summed E-state index contributed by atoms with van der Waals surface area (Å²) in [5, 5.41) is 0. The first kappa shape index (κ1) is 17.8. The Labute approximate surface area is 147 Å². The lowest BCUT2D eigenvalue weighted by Crippen LogP contribution is -2.35. The second-order valence-corrected chi connectivity index (χ2v) is 5.75. The summed E-state index contributed by atoms with van der Waals surface area (Å²) >= 11 is 6.11. The molecule has 0 aromatic heterocycles. The third-order valence-corrected chi connectivity index (χ3v) is 4.33. The molecular weight excluding hydrogens is 333 g/mol. The minimum absolute atomic E-state index is 0. The lowest BCUT2D eigenvalue weighted by molar-refractivity contribution is 0.0948. The molecule has 0 amide bonds. The number of rotatable bonds is 4. The van der Waals surface area contributed by atoms with Gasteiger partial charge in [-0.2, -0.15) is 0 Å². The maximum Gasteiger partial charge on any atom is 0.179 e. The van der Waals surface area contributed by atoms with Crippen molar-refractivity contribution in [1.82, 2.24) is 0 Å². The van der Waals surface area contributed by atoms with Crippen LogP contribution in [0.3, 0.4) is 0 Å². The fraction of sp³-hybridized carbons (Fsp3) is 0.278. The van der Waals surface area contributed by atoms with E-state index in [2.05, 4.69) is 0 Å². The Kier molecular flexibility index (Phi) is 6.05. The molecule has 0 fully saturated rings. The minimum Gasteiger partial charge on any atom is -0.489 e. The average Bonchev–Trinajstić information content (AvgIpc) is 2.56. The topological polar surface area (TPSA) is 52.3 Å². The SMILES string of the molecule is Cl.NC1CCc2c(ccc(OCc3ccccc3)c2CCl)C1=O. The predicted molar refractivity (Wildman–Crippen MR) is 94.6 cm³/mol. The normalized spacial score (nSPS) is 16.4. The number of alkyl halides is 1. The van der Waals surface area contributed by atoms with E-state index in [4.69, 9.17) is 22.1 Å². The number of ether oxygens (including phenoxy) is 1. The van der Waals surface area contributed by atoms with Crippen molar-refractivity contribution >= 4 is 29.8 Å². The van der Waals surface area contributed by atoms with Crippen LogP contribution < -0.4 is 10.5 Å². The van der Waals surface area contributed by atoms with Crippen molar-refractivity contribution in [3.8, 4) is 5.75 Å². The maximum atomic E-state index is 12.2. The van der Waals surface area contributed by atoms with Crippen LogP contribution in [0.5, 0.6) is 5.75 Å². The second kappa shape index (κ2) is 7.82. The lowest BCUT2D eigenvalue weighted by atomic mass is 9.85. The van der Waals surface area contributed by atoms with Crippen molar-refractivity contribution in [2.24, 2.45) is 5.73 Å². The summed E-state index contributed by atoms with van der Waals surface area (Å²) in [4.78, 5) is 12.2. The third-order valence-electron chi connectivity index (χ3n) is 4.07. The van der Waals surface area contributed by atoms with Gasteiger partial charge in [-0.05, 0) is 36.1 Å². The van der Waals surface area contributed by atoms with Crippen LogP contribution in [0.15, 0.2) is 42.5 Å². The summed E-state index contributed by atoms with van der Waals surface area (Å²) in [5.41, 5.74) is 9.54. The molecule has 2 aromatic carbocycles. The molecule has 23 heavy (non-hydrogen) atoms. The largest absolute Gasteiger partial charge is 0.489 e. The second-order valence-electron chi connectivity index (χ2n) is 5.49. The molecule has 0 heterocycles. The quantitative estimate of drug-likeness (QED) is 0.850. The van der Waals surface area contributed by atoms with E-state index in [1.54, 1.807) is 0 Å². The van der Waals surface area contributed by atoms with Gasteiger partial charge in [0.1, 0.15) is 12.4 Å². The van der Waals surface area contributed by atoms with Gasteiger partial charge in [-0.1, -0.05) is 30.3 Å². The van der Waals surface area contributed by atoms with E-state index in [9.17, 15) is 4.79 Å². The molecule has 2 N–H and O–H groups in total. The molecule has 5 heteroatoms. The Morgan fingerprint density at radius 1 is 1.17 bits per heavy atom. The van der Waals surface area contributed by atoms with E-state index in [1.807, 2.05) is 42.5 Å². The molecular formula is C18H19Cl2NO2. The van der Waals surface area contributed by atoms with Crippen LogP contribution in [0.1, 0.15) is 33.5 Å². The highest BCUT2D eigenvalue weighted by molar-refractivity contribution is 6.17. The van der Waals surface area contributed by atoms with Crippen molar-refractivity contribution < 1.29 is 9.53 Å². The van der Waals surface area contributed by atoms with E-state index in [0.717, 1.165) is 28.9 Å². The summed E-state index contributed by atoms with van der Waals surface area (Å²) in [7, 11) is 0. The van der Waals surface area contributed by atoms with Crippen molar-refractivity contribution in [1.29, 1.82) is 0 Å². The number of ketones is 1. The Hall–Kier alpha value is -1.55. The predicted octanol–water partition coefficient (Wildman–Crippen LogP) is 3.88. The van der Waals surface area contributed by atoms with Crippen LogP contribution >= 0.6 is 24.0 Å². The molecule has 1 atom stereocenters. The Balaban J connectivity index is 0.00000192. The van der Waals surface area contributed by atoms with E-state index in [0.29, 0.717) is 24.5 Å². The zero-order valence-corrected chi connectivity index (χ0v) is 14.2. The molecule has 1 aliphatic rings. The first-order valence-corrected chi connectivity index (χ1v) is 7.91. The van der Waals surface area contributed by atoms with Crippen LogP contribution in [-0.2, 0) is 18.9 Å². The Morgan fingerprint density at radius 3 is 2.61 bits per heavy atom. The molecule has 1 aliphatic carbocycles. The number of hydrogen-bond acceptors (Lipinski definition) is 3. The fourth-order valence-corrected chi connectivity index (χ4v) is 3.13. The number of nitrogens with two attached hydrogens (primary N) is 1. The maximum absolute atomic E-state index is 12.2. The molecule has 0 aliphatic heterocycles. The van der Waals surface area contributed by atoms with Gasteiger partial charge in [0.2, 0.25) is 0 Å². The molecule has 3 nitrogen and oxygen atoms in total. The van der Waals surface area contributed by atoms with E-state index in [1.165, 1.54) is 0 Å². The van der Waals surface area contributed by atoms with Gasteiger partial charge in [0, 0.05) is 11.1 Å². The minimum atomic E-state index is -0.397. The van der Waals surface area contributed by atoms with E-state index in [-0.39, 0.29) is 18.2 Å². The van der Waals surface area contributed by atoms with Crippen LogP contribution in [-0.4, -0.2) is 11.8 Å². The summed E-state index contributed by atoms with van der Waals surface area (Å²) in [5.74, 6) is 1.08. The van der Waals surface area contributed by atoms with Gasteiger partial charge in [0.05, 0.1) is 11.9 Å². The summed E-state index contributed by atoms with van der Waals surface area (Å²) in [6.07, 6.45) is 1.44. The molecule has 122 valence electrons. The zero-order valence-electron chi connectivity index (χ0n) is 12.6. The van der Waals surface area contributed by atoms with Gasteiger partial charge >= 0.3 is 0 Å². The highest BCUT2D eigenvalue weighted by atomic mass is 35.5. The van der Waals surface area contributed by atoms with Crippen molar-refractivity contribution in [3.05, 3.63) is 64.7 Å². The molecule has 0 saturated heterocycles. The van der Waals surface area contributed by atoms with E-state index >= 15 is 0 Å². The highest BCUT2D eigenvalue weighted by Crippen LogP contribution is 2.32. The van der Waals surface area contributed by atoms with Crippen molar-refractivity contribution in [2.45, 2.75) is 31.4 Å². The first-order valence-electron chi connectivity index (χ1n) is 7.38. The van der Waals surface area contributed by atoms with Gasteiger partial charge in [-0.25, -0.2) is 0 Å². The van der Waals surface area contributed by atoms with Crippen LogP contribution in [0.25, 0.3) is 0 Å². The lowest BCUT2D eigenvalue weighted by Gasteiger charge is -2.24. The Bertz CT molecular complexity index is 689. The van der Waals surface area contributed by atoms with Gasteiger partial charge < -0.3 is 10.5 Å². The number of benzene rings is 2. The third kappa shape index (κ3) is 3.69. The molecule has 0 saturated carbocycles. The van der Waals surface area contributed by atoms with Crippen molar-refractivity contribution in [2.75, 3.05) is 0 Å². The monoisotopic (exact) mass is 351 g/mol. The molecule has 0 bridgehead atoms. The van der Waals surface area contributed by atoms with Gasteiger partial charge in [0.15, 0.2) is 5.78 Å². The number of fused-ring (bicyclic) bond motifs is 1. The van der Waals surface area contributed by atoms with Crippen LogP contribution in [0.2, 0.25) is 0 Å². The Morgan fingerprint density at radius 2 is 1.91 bits per heavy atom. The summed E-state index contributed by atoms with van der Waals surface area (Å²) < 4.78 is 5.92. The molecule has 2 aromatic rings. The fourth-order valence-electron chi connectivity index (χ4n) is 2.84. The first-order chi connectivity index (χ1) is 10.7. The zero-order chi connectivity index (χ0) is 15.5. The molecule has 1 unspecified atom stereocenters. The highest BCUT2D eigenvalue weighted by Gasteiger charge is 2.27. The van der Waals surface area contributed by atoms with Gasteiger partial charge in [-0.15, -0.1) is 24.0 Å². The van der Waals surface area contributed by atoms with Crippen LogP contribution in [0, 0.1) is 0 Å². The van der Waals surface area contributed by atoms with Crippen LogP contribution in [0.4, 0.5) is 0 Å². The van der Waals surface area contributed by atoms with Crippen molar-refractivity contribution in [3.63, 3.8) is 0 Å². The number of Topliss-reactive ketones (excluding diaryl/α,β-unsaturated/α-hetero) is 1. The smallest absolute Gasteiger partial charge is 0.179 e. The molecule has 0 radical (unpaired) electrons.